The van der Waals surface area contributed by atoms with Crippen molar-refractivity contribution in [3.8, 4) is 11.5 Å². The molecule has 0 spiro atoms. The number of likely N-dealkylation sites (N-methyl/N-ethyl adjacent to an activating group) is 1. The molecule has 30 heavy (non-hydrogen) atoms. The highest BCUT2D eigenvalue weighted by Crippen LogP contribution is 2.34. The minimum absolute atomic E-state index is 0.0756. The average molecular weight is 412 g/mol. The van der Waals surface area contributed by atoms with E-state index in [9.17, 15) is 4.79 Å². The highest BCUT2D eigenvalue weighted by atomic mass is 16.5. The number of rotatable bonds is 9. The number of hydrogen-bond acceptors (Lipinski definition) is 4. The molecule has 1 aliphatic rings. The van der Waals surface area contributed by atoms with Gasteiger partial charge in [0.25, 0.3) is 0 Å². The fraction of sp³-hybridized carbons (Fsp3) is 0.458. The quantitative estimate of drug-likeness (QED) is 0.645. The molecule has 2 amide bonds. The van der Waals surface area contributed by atoms with E-state index in [-0.39, 0.29) is 12.1 Å². The third-order valence-corrected chi connectivity index (χ3v) is 5.70. The first kappa shape index (κ1) is 22.0. The number of amides is 2. The number of anilines is 1. The molecule has 1 unspecified atom stereocenters. The lowest BCUT2D eigenvalue weighted by Gasteiger charge is -2.26. The van der Waals surface area contributed by atoms with Crippen molar-refractivity contribution in [3.05, 3.63) is 54.1 Å². The highest BCUT2D eigenvalue weighted by Gasteiger charge is 2.30. The summed E-state index contributed by atoms with van der Waals surface area (Å²) in [6.45, 7) is 8.49. The monoisotopic (exact) mass is 411 g/mol. The van der Waals surface area contributed by atoms with Crippen molar-refractivity contribution >= 4 is 11.7 Å². The Hall–Kier alpha value is -2.73. The second kappa shape index (κ2) is 10.9. The number of urea groups is 1. The normalized spacial score (nSPS) is 16.0. The Balaban J connectivity index is 1.64. The standard InChI is InChI=1S/C24H33N3O3/c1-4-26(5-2)17-18-30-23-11-7-6-9-21(23)25-24(28)27-16-8-10-22(27)19-12-14-20(29-3)15-13-19/h6-7,9,11-15,22H,4-5,8,10,16-18H2,1-3H3,(H,25,28). The van der Waals surface area contributed by atoms with E-state index < -0.39 is 0 Å². The van der Waals surface area contributed by atoms with Gasteiger partial charge < -0.3 is 24.6 Å². The van der Waals surface area contributed by atoms with Crippen LogP contribution in [-0.4, -0.2) is 55.7 Å². The molecule has 1 heterocycles. The van der Waals surface area contributed by atoms with Gasteiger partial charge in [-0.05, 0) is 55.8 Å². The van der Waals surface area contributed by atoms with E-state index in [1.54, 1.807) is 7.11 Å². The van der Waals surface area contributed by atoms with Crippen molar-refractivity contribution < 1.29 is 14.3 Å². The molecule has 2 aromatic carbocycles. The van der Waals surface area contributed by atoms with Crippen molar-refractivity contribution in [2.45, 2.75) is 32.7 Å². The zero-order chi connectivity index (χ0) is 21.3. The molecule has 1 atom stereocenters. The van der Waals surface area contributed by atoms with Gasteiger partial charge in [0.1, 0.15) is 18.1 Å². The van der Waals surface area contributed by atoms with Crippen LogP contribution in [0.1, 0.15) is 38.3 Å². The van der Waals surface area contributed by atoms with Gasteiger partial charge in [-0.2, -0.15) is 0 Å². The van der Waals surface area contributed by atoms with Crippen LogP contribution in [0.25, 0.3) is 0 Å². The Morgan fingerprint density at radius 2 is 1.87 bits per heavy atom. The zero-order valence-corrected chi connectivity index (χ0v) is 18.3. The molecule has 0 bridgehead atoms. The Labute approximate surface area is 179 Å². The molecule has 1 fully saturated rings. The number of carbonyl (C=O) groups is 1. The lowest BCUT2D eigenvalue weighted by molar-refractivity contribution is 0.206. The van der Waals surface area contributed by atoms with E-state index in [0.29, 0.717) is 18.0 Å². The van der Waals surface area contributed by atoms with Gasteiger partial charge in [0.05, 0.1) is 18.8 Å². The SMILES string of the molecule is CCN(CC)CCOc1ccccc1NC(=O)N1CCCC1c1ccc(OC)cc1. The van der Waals surface area contributed by atoms with Crippen LogP contribution in [0.5, 0.6) is 11.5 Å². The van der Waals surface area contributed by atoms with Gasteiger partial charge in [0.15, 0.2) is 0 Å². The Kier molecular flexibility index (Phi) is 7.97. The van der Waals surface area contributed by atoms with E-state index in [0.717, 1.165) is 50.3 Å². The van der Waals surface area contributed by atoms with Gasteiger partial charge in [-0.3, -0.25) is 0 Å². The van der Waals surface area contributed by atoms with Gasteiger partial charge in [0.2, 0.25) is 0 Å². The molecule has 0 aliphatic carbocycles. The van der Waals surface area contributed by atoms with Crippen molar-refractivity contribution in [1.29, 1.82) is 0 Å². The summed E-state index contributed by atoms with van der Waals surface area (Å²) < 4.78 is 11.2. The summed E-state index contributed by atoms with van der Waals surface area (Å²) >= 11 is 0. The summed E-state index contributed by atoms with van der Waals surface area (Å²) in [6, 6.07) is 15.6. The first-order valence-electron chi connectivity index (χ1n) is 10.8. The first-order chi connectivity index (χ1) is 14.7. The third kappa shape index (κ3) is 5.45. The fourth-order valence-electron chi connectivity index (χ4n) is 3.89. The number of methoxy groups -OCH3 is 1. The van der Waals surface area contributed by atoms with Crippen LogP contribution < -0.4 is 14.8 Å². The summed E-state index contributed by atoms with van der Waals surface area (Å²) in [7, 11) is 1.66. The number of para-hydroxylation sites is 2. The summed E-state index contributed by atoms with van der Waals surface area (Å²) in [6.07, 6.45) is 1.95. The highest BCUT2D eigenvalue weighted by molar-refractivity contribution is 5.91. The predicted octanol–water partition coefficient (Wildman–Crippen LogP) is 4.78. The molecule has 0 radical (unpaired) electrons. The Morgan fingerprint density at radius 3 is 2.57 bits per heavy atom. The molecule has 2 aromatic rings. The summed E-state index contributed by atoms with van der Waals surface area (Å²) in [5.74, 6) is 1.53. The van der Waals surface area contributed by atoms with Crippen molar-refractivity contribution in [2.24, 2.45) is 0 Å². The predicted molar refractivity (Wildman–Crippen MR) is 120 cm³/mol. The number of likely N-dealkylation sites (tertiary alicyclic amines) is 1. The van der Waals surface area contributed by atoms with Crippen molar-refractivity contribution in [2.75, 3.05) is 45.2 Å². The van der Waals surface area contributed by atoms with Gasteiger partial charge in [-0.1, -0.05) is 38.1 Å². The molecule has 0 saturated carbocycles. The molecule has 1 aliphatic heterocycles. The minimum atomic E-state index is -0.0897. The second-order valence-corrected chi connectivity index (χ2v) is 7.43. The topological polar surface area (TPSA) is 54.0 Å². The van der Waals surface area contributed by atoms with E-state index in [1.807, 2.05) is 53.4 Å². The largest absolute Gasteiger partial charge is 0.497 e. The van der Waals surface area contributed by atoms with Gasteiger partial charge >= 0.3 is 6.03 Å². The van der Waals surface area contributed by atoms with Gasteiger partial charge in [-0.25, -0.2) is 4.79 Å². The van der Waals surface area contributed by atoms with Crippen LogP contribution in [-0.2, 0) is 0 Å². The maximum Gasteiger partial charge on any atom is 0.322 e. The van der Waals surface area contributed by atoms with E-state index in [1.165, 1.54) is 0 Å². The third-order valence-electron chi connectivity index (χ3n) is 5.70. The van der Waals surface area contributed by atoms with E-state index in [4.69, 9.17) is 9.47 Å². The maximum absolute atomic E-state index is 13.1. The summed E-state index contributed by atoms with van der Waals surface area (Å²) in [4.78, 5) is 17.3. The number of hydrogen-bond donors (Lipinski definition) is 1. The zero-order valence-electron chi connectivity index (χ0n) is 18.3. The van der Waals surface area contributed by atoms with Crippen LogP contribution in [0.4, 0.5) is 10.5 Å². The van der Waals surface area contributed by atoms with Crippen LogP contribution in [0.15, 0.2) is 48.5 Å². The number of carbonyl (C=O) groups excluding carboxylic acids is 1. The van der Waals surface area contributed by atoms with Crippen LogP contribution in [0, 0.1) is 0 Å². The Morgan fingerprint density at radius 1 is 1.13 bits per heavy atom. The first-order valence-corrected chi connectivity index (χ1v) is 10.8. The molecular formula is C24H33N3O3. The van der Waals surface area contributed by atoms with Crippen molar-refractivity contribution in [3.63, 3.8) is 0 Å². The fourth-order valence-corrected chi connectivity index (χ4v) is 3.89. The van der Waals surface area contributed by atoms with E-state index >= 15 is 0 Å². The van der Waals surface area contributed by atoms with Gasteiger partial charge in [0, 0.05) is 13.1 Å². The smallest absolute Gasteiger partial charge is 0.322 e. The molecule has 1 saturated heterocycles. The minimum Gasteiger partial charge on any atom is -0.497 e. The average Bonchev–Trinajstić information content (AvgIpc) is 3.28. The van der Waals surface area contributed by atoms with Gasteiger partial charge in [-0.15, -0.1) is 0 Å². The molecule has 162 valence electrons. The summed E-state index contributed by atoms with van der Waals surface area (Å²) in [5.41, 5.74) is 1.84. The maximum atomic E-state index is 13.1. The molecule has 6 heteroatoms. The summed E-state index contributed by atoms with van der Waals surface area (Å²) in [5, 5.41) is 3.06. The molecule has 0 aromatic heterocycles. The number of nitrogens with one attached hydrogen (secondary N) is 1. The lowest BCUT2D eigenvalue weighted by atomic mass is 10.0. The van der Waals surface area contributed by atoms with E-state index in [2.05, 4.69) is 24.1 Å². The second-order valence-electron chi connectivity index (χ2n) is 7.43. The van der Waals surface area contributed by atoms with Crippen LogP contribution >= 0.6 is 0 Å². The number of ether oxygens (including phenoxy) is 2. The number of benzene rings is 2. The molecular weight excluding hydrogens is 378 g/mol. The number of nitrogens with zero attached hydrogens (tertiary/aromatic N) is 2. The lowest BCUT2D eigenvalue weighted by Crippen LogP contribution is -2.34. The van der Waals surface area contributed by atoms with Crippen molar-refractivity contribution in [1.82, 2.24) is 9.80 Å². The van der Waals surface area contributed by atoms with Crippen LogP contribution in [0.3, 0.4) is 0 Å². The molecule has 1 N–H and O–H groups in total. The molecule has 6 nitrogen and oxygen atoms in total. The Bertz CT molecular complexity index is 806. The molecule has 3 rings (SSSR count). The van der Waals surface area contributed by atoms with Crippen LogP contribution in [0.2, 0.25) is 0 Å².